The fraction of sp³-hybridized carbons (Fsp3) is 0.444. The van der Waals surface area contributed by atoms with Crippen LogP contribution in [0.3, 0.4) is 0 Å². The van der Waals surface area contributed by atoms with Gasteiger partial charge in [-0.2, -0.15) is 5.10 Å². The molecule has 0 aliphatic heterocycles. The van der Waals surface area contributed by atoms with Crippen molar-refractivity contribution in [2.75, 3.05) is 7.05 Å². The minimum absolute atomic E-state index is 0.0196. The highest BCUT2D eigenvalue weighted by Gasteiger charge is 2.31. The summed E-state index contributed by atoms with van der Waals surface area (Å²) in [5, 5.41) is 15.6. The van der Waals surface area contributed by atoms with Gasteiger partial charge in [0.1, 0.15) is 0 Å². The Bertz CT molecular complexity index is 810. The van der Waals surface area contributed by atoms with Gasteiger partial charge in [0.25, 0.3) is 11.6 Å². The molecule has 1 aromatic heterocycles. The van der Waals surface area contributed by atoms with Gasteiger partial charge in [-0.1, -0.05) is 18.2 Å². The number of carbonyl (C=O) groups is 1. The normalized spacial score (nSPS) is 15.0. The molecule has 1 aromatic carbocycles. The quantitative estimate of drug-likeness (QED) is 0.595. The Morgan fingerprint density at radius 3 is 2.76 bits per heavy atom. The topological polar surface area (TPSA) is 81.3 Å². The van der Waals surface area contributed by atoms with Crippen LogP contribution in [0, 0.1) is 23.0 Å². The molecular formula is C18H22N4O3. The van der Waals surface area contributed by atoms with Gasteiger partial charge < -0.3 is 4.90 Å². The van der Waals surface area contributed by atoms with Crippen molar-refractivity contribution < 1.29 is 9.72 Å². The van der Waals surface area contributed by atoms with Crippen LogP contribution in [0.4, 0.5) is 5.69 Å². The Morgan fingerprint density at radius 2 is 2.12 bits per heavy atom. The van der Waals surface area contributed by atoms with Crippen molar-refractivity contribution in [3.8, 4) is 0 Å². The number of aromatic nitrogens is 2. The molecular weight excluding hydrogens is 320 g/mol. The molecule has 0 unspecified atom stereocenters. The third-order valence-corrected chi connectivity index (χ3v) is 4.77. The van der Waals surface area contributed by atoms with E-state index in [0.29, 0.717) is 23.2 Å². The number of aryl methyl sites for hydroxylation is 1. The van der Waals surface area contributed by atoms with E-state index in [2.05, 4.69) is 12.0 Å². The van der Waals surface area contributed by atoms with Gasteiger partial charge >= 0.3 is 0 Å². The fourth-order valence-electron chi connectivity index (χ4n) is 3.13. The van der Waals surface area contributed by atoms with Gasteiger partial charge in [0.2, 0.25) is 0 Å². The van der Waals surface area contributed by atoms with Gasteiger partial charge in [0, 0.05) is 24.4 Å². The second-order valence-electron chi connectivity index (χ2n) is 6.74. The first kappa shape index (κ1) is 17.1. The highest BCUT2D eigenvalue weighted by molar-refractivity contribution is 5.92. The lowest BCUT2D eigenvalue weighted by Gasteiger charge is -2.16. The van der Waals surface area contributed by atoms with Crippen molar-refractivity contribution in [2.45, 2.75) is 39.3 Å². The van der Waals surface area contributed by atoms with Crippen LogP contribution in [-0.2, 0) is 6.54 Å². The summed E-state index contributed by atoms with van der Waals surface area (Å²) in [7, 11) is 1.64. The summed E-state index contributed by atoms with van der Waals surface area (Å²) in [6.07, 6.45) is 2.42. The van der Waals surface area contributed by atoms with Crippen LogP contribution < -0.4 is 0 Å². The monoisotopic (exact) mass is 342 g/mol. The average Bonchev–Trinajstić information content (AvgIpc) is 3.36. The number of amides is 1. The first-order valence-corrected chi connectivity index (χ1v) is 8.42. The predicted octanol–water partition coefficient (Wildman–Crippen LogP) is 3.34. The maximum Gasteiger partial charge on any atom is 0.274 e. The van der Waals surface area contributed by atoms with Crippen LogP contribution in [0.2, 0.25) is 0 Å². The van der Waals surface area contributed by atoms with Gasteiger partial charge in [0.15, 0.2) is 5.69 Å². The highest BCUT2D eigenvalue weighted by atomic mass is 16.6. The van der Waals surface area contributed by atoms with E-state index >= 15 is 0 Å². The van der Waals surface area contributed by atoms with E-state index in [-0.39, 0.29) is 18.1 Å². The van der Waals surface area contributed by atoms with Crippen LogP contribution in [0.5, 0.6) is 0 Å². The second-order valence-corrected chi connectivity index (χ2v) is 6.74. The van der Waals surface area contributed by atoms with Crippen LogP contribution in [0.15, 0.2) is 30.3 Å². The molecule has 7 nitrogen and oxygen atoms in total. The zero-order chi connectivity index (χ0) is 18.1. The number of nitro groups is 1. The predicted molar refractivity (Wildman–Crippen MR) is 93.3 cm³/mol. The molecule has 1 saturated carbocycles. The Kier molecular flexibility index (Phi) is 4.57. The number of benzene rings is 1. The van der Waals surface area contributed by atoms with Crippen LogP contribution in [-0.4, -0.2) is 32.6 Å². The Hall–Kier alpha value is -2.70. The molecule has 3 rings (SSSR count). The van der Waals surface area contributed by atoms with Gasteiger partial charge in [-0.05, 0) is 38.7 Å². The maximum absolute atomic E-state index is 12.7. The largest absolute Gasteiger partial charge is 0.336 e. The number of nitro benzene ring substituents is 1. The number of hydrogen-bond donors (Lipinski definition) is 0. The Labute approximate surface area is 146 Å². The SMILES string of the molecule is Cc1cc(C(=O)N(C)Cc2ccccc2[N+](=O)[O-])nn1[C@@H](C)C1CC1. The molecule has 0 N–H and O–H groups in total. The van der Waals surface area contributed by atoms with Crippen LogP contribution in [0.1, 0.15) is 47.6 Å². The van der Waals surface area contributed by atoms with Crippen LogP contribution in [0.25, 0.3) is 0 Å². The fourth-order valence-corrected chi connectivity index (χ4v) is 3.13. The minimum Gasteiger partial charge on any atom is -0.336 e. The number of para-hydroxylation sites is 1. The van der Waals surface area contributed by atoms with Gasteiger partial charge in [-0.3, -0.25) is 19.6 Å². The molecule has 0 saturated heterocycles. The van der Waals surface area contributed by atoms with Gasteiger partial charge in [-0.15, -0.1) is 0 Å². The lowest BCUT2D eigenvalue weighted by atomic mass is 10.1. The molecule has 7 heteroatoms. The molecule has 1 fully saturated rings. The Balaban J connectivity index is 1.77. The Morgan fingerprint density at radius 1 is 1.44 bits per heavy atom. The van der Waals surface area contributed by atoms with E-state index in [0.717, 1.165) is 5.69 Å². The molecule has 1 atom stereocenters. The summed E-state index contributed by atoms with van der Waals surface area (Å²) in [6.45, 7) is 4.24. The summed E-state index contributed by atoms with van der Waals surface area (Å²) in [4.78, 5) is 24.8. The average molecular weight is 342 g/mol. The van der Waals surface area contributed by atoms with Crippen molar-refractivity contribution in [3.63, 3.8) is 0 Å². The van der Waals surface area contributed by atoms with Crippen molar-refractivity contribution in [1.82, 2.24) is 14.7 Å². The number of rotatable bonds is 6. The first-order valence-electron chi connectivity index (χ1n) is 8.42. The smallest absolute Gasteiger partial charge is 0.274 e. The van der Waals surface area contributed by atoms with Gasteiger partial charge in [0.05, 0.1) is 17.5 Å². The van der Waals surface area contributed by atoms with E-state index in [9.17, 15) is 14.9 Å². The molecule has 0 bridgehead atoms. The van der Waals surface area contributed by atoms with Crippen molar-refractivity contribution in [1.29, 1.82) is 0 Å². The van der Waals surface area contributed by atoms with Crippen molar-refractivity contribution in [3.05, 3.63) is 57.4 Å². The molecule has 1 aliphatic carbocycles. The third kappa shape index (κ3) is 3.55. The molecule has 2 aromatic rings. The van der Waals surface area contributed by atoms with E-state index in [1.165, 1.54) is 23.8 Å². The summed E-state index contributed by atoms with van der Waals surface area (Å²) in [6, 6.07) is 8.55. The number of carbonyl (C=O) groups excluding carboxylic acids is 1. The first-order chi connectivity index (χ1) is 11.9. The maximum atomic E-state index is 12.7. The van der Waals surface area contributed by atoms with Crippen molar-refractivity contribution >= 4 is 11.6 Å². The van der Waals surface area contributed by atoms with Crippen LogP contribution >= 0.6 is 0 Å². The number of hydrogen-bond acceptors (Lipinski definition) is 4. The lowest BCUT2D eigenvalue weighted by molar-refractivity contribution is -0.385. The van der Waals surface area contributed by atoms with E-state index in [1.54, 1.807) is 31.3 Å². The molecule has 132 valence electrons. The van der Waals surface area contributed by atoms with Crippen molar-refractivity contribution in [2.24, 2.45) is 5.92 Å². The summed E-state index contributed by atoms with van der Waals surface area (Å²) >= 11 is 0. The summed E-state index contributed by atoms with van der Waals surface area (Å²) in [5.74, 6) is 0.411. The zero-order valence-corrected chi connectivity index (χ0v) is 14.7. The standard InChI is InChI=1S/C18H22N4O3/c1-12-10-16(19-21(12)13(2)14-8-9-14)18(23)20(3)11-15-6-4-5-7-17(15)22(24)25/h4-7,10,13-14H,8-9,11H2,1-3H3/t13-/m0/s1. The third-order valence-electron chi connectivity index (χ3n) is 4.77. The number of nitrogens with zero attached hydrogens (tertiary/aromatic N) is 4. The summed E-state index contributed by atoms with van der Waals surface area (Å²) < 4.78 is 1.92. The van der Waals surface area contributed by atoms with E-state index in [1.807, 2.05) is 11.6 Å². The molecule has 0 spiro atoms. The molecule has 1 heterocycles. The summed E-state index contributed by atoms with van der Waals surface area (Å²) in [5.41, 5.74) is 1.87. The van der Waals surface area contributed by atoms with E-state index < -0.39 is 4.92 Å². The molecule has 1 aliphatic rings. The van der Waals surface area contributed by atoms with Gasteiger partial charge in [-0.25, -0.2) is 0 Å². The minimum atomic E-state index is -0.427. The molecule has 25 heavy (non-hydrogen) atoms. The van der Waals surface area contributed by atoms with E-state index in [4.69, 9.17) is 0 Å². The lowest BCUT2D eigenvalue weighted by Crippen LogP contribution is -2.27. The molecule has 1 amide bonds. The molecule has 0 radical (unpaired) electrons. The highest BCUT2D eigenvalue weighted by Crippen LogP contribution is 2.39. The second kappa shape index (κ2) is 6.66. The zero-order valence-electron chi connectivity index (χ0n) is 14.7.